The van der Waals surface area contributed by atoms with Crippen LogP contribution < -0.4 is 4.74 Å². The molecule has 1 aliphatic heterocycles. The Morgan fingerprint density at radius 1 is 1.27 bits per heavy atom. The molecule has 3 rings (SSSR count). The van der Waals surface area contributed by atoms with E-state index in [1.165, 1.54) is 31.5 Å². The molecule has 0 bridgehead atoms. The second-order valence-electron chi connectivity index (χ2n) is 6.37. The van der Waals surface area contributed by atoms with E-state index in [2.05, 4.69) is 41.1 Å². The van der Waals surface area contributed by atoms with Crippen LogP contribution in [0.5, 0.6) is 5.75 Å². The molecule has 4 heteroatoms. The molecule has 0 aliphatic carbocycles. The predicted octanol–water partition coefficient (Wildman–Crippen LogP) is 3.23. The first-order chi connectivity index (χ1) is 10.7. The van der Waals surface area contributed by atoms with Crippen molar-refractivity contribution in [1.29, 1.82) is 0 Å². The van der Waals surface area contributed by atoms with Gasteiger partial charge in [-0.3, -0.25) is 4.90 Å². The number of aromatic nitrogens is 2. The van der Waals surface area contributed by atoms with Crippen molar-refractivity contribution in [3.63, 3.8) is 0 Å². The number of likely N-dealkylation sites (tertiary alicyclic amines) is 1. The van der Waals surface area contributed by atoms with Gasteiger partial charge in [-0.25, -0.2) is 4.98 Å². The number of imidazole rings is 1. The molecule has 2 aromatic rings. The number of nitrogens with zero attached hydrogens (tertiary/aromatic N) is 3. The molecule has 1 saturated heterocycles. The summed E-state index contributed by atoms with van der Waals surface area (Å²) in [4.78, 5) is 6.82. The van der Waals surface area contributed by atoms with Gasteiger partial charge >= 0.3 is 0 Å². The number of hydrogen-bond acceptors (Lipinski definition) is 3. The maximum Gasteiger partial charge on any atom is 0.146 e. The van der Waals surface area contributed by atoms with Gasteiger partial charge in [-0.1, -0.05) is 19.1 Å². The second kappa shape index (κ2) is 6.97. The third-order valence-electron chi connectivity index (χ3n) is 4.36. The number of benzene rings is 1. The minimum atomic E-state index is 0.506. The summed E-state index contributed by atoms with van der Waals surface area (Å²) in [6.45, 7) is 6.34. The Balaban J connectivity index is 1.52. The molecule has 0 spiro atoms. The molecule has 1 atom stereocenters. The lowest BCUT2D eigenvalue weighted by Crippen LogP contribution is -2.33. The summed E-state index contributed by atoms with van der Waals surface area (Å²) >= 11 is 0. The highest BCUT2D eigenvalue weighted by molar-refractivity contribution is 5.27. The van der Waals surface area contributed by atoms with Gasteiger partial charge in [-0.05, 0) is 43.0 Å². The lowest BCUT2D eigenvalue weighted by atomic mass is 10.00. The predicted molar refractivity (Wildman–Crippen MR) is 87.7 cm³/mol. The van der Waals surface area contributed by atoms with E-state index in [1.54, 1.807) is 6.20 Å². The van der Waals surface area contributed by atoms with Gasteiger partial charge in [-0.2, -0.15) is 0 Å². The van der Waals surface area contributed by atoms with Gasteiger partial charge in [0, 0.05) is 32.5 Å². The van der Waals surface area contributed by atoms with Gasteiger partial charge in [0.1, 0.15) is 18.2 Å². The molecule has 22 heavy (non-hydrogen) atoms. The molecular weight excluding hydrogens is 274 g/mol. The Morgan fingerprint density at radius 2 is 2.09 bits per heavy atom. The molecule has 0 amide bonds. The molecular formula is C18H25N3O. The van der Waals surface area contributed by atoms with Crippen LogP contribution in [0, 0.1) is 5.92 Å². The number of rotatable bonds is 5. The van der Waals surface area contributed by atoms with Crippen LogP contribution in [0.15, 0.2) is 36.7 Å². The third kappa shape index (κ3) is 3.89. The van der Waals surface area contributed by atoms with E-state index in [-0.39, 0.29) is 0 Å². The van der Waals surface area contributed by atoms with Crippen molar-refractivity contribution < 1.29 is 4.74 Å². The Bertz CT molecular complexity index is 591. The van der Waals surface area contributed by atoms with Gasteiger partial charge in [-0.15, -0.1) is 0 Å². The minimum Gasteiger partial charge on any atom is -0.486 e. The molecule has 2 heterocycles. The second-order valence-corrected chi connectivity index (χ2v) is 6.37. The zero-order valence-corrected chi connectivity index (χ0v) is 13.5. The van der Waals surface area contributed by atoms with E-state index < -0.39 is 0 Å². The van der Waals surface area contributed by atoms with Gasteiger partial charge < -0.3 is 9.30 Å². The van der Waals surface area contributed by atoms with Crippen molar-refractivity contribution in [2.75, 3.05) is 13.1 Å². The van der Waals surface area contributed by atoms with E-state index in [0.29, 0.717) is 6.61 Å². The zero-order chi connectivity index (χ0) is 15.4. The maximum absolute atomic E-state index is 5.80. The molecule has 1 aromatic heterocycles. The van der Waals surface area contributed by atoms with Gasteiger partial charge in [0.2, 0.25) is 0 Å². The fourth-order valence-electron chi connectivity index (χ4n) is 3.06. The number of ether oxygens (including phenoxy) is 1. The lowest BCUT2D eigenvalue weighted by Gasteiger charge is -2.30. The van der Waals surface area contributed by atoms with Crippen LogP contribution in [0.25, 0.3) is 0 Å². The van der Waals surface area contributed by atoms with E-state index in [0.717, 1.165) is 24.0 Å². The summed E-state index contributed by atoms with van der Waals surface area (Å²) in [5, 5.41) is 0. The first kappa shape index (κ1) is 15.1. The van der Waals surface area contributed by atoms with Crippen LogP contribution in [-0.2, 0) is 20.2 Å². The van der Waals surface area contributed by atoms with E-state index in [9.17, 15) is 0 Å². The summed E-state index contributed by atoms with van der Waals surface area (Å²) in [6.07, 6.45) is 6.42. The van der Waals surface area contributed by atoms with Crippen molar-refractivity contribution >= 4 is 0 Å². The van der Waals surface area contributed by atoms with E-state index >= 15 is 0 Å². The summed E-state index contributed by atoms with van der Waals surface area (Å²) in [5.41, 5.74) is 1.36. The largest absolute Gasteiger partial charge is 0.486 e. The monoisotopic (exact) mass is 299 g/mol. The standard InChI is InChI=1S/C18H25N3O/c1-15-4-3-10-21(12-15)13-16-5-7-17(8-6-16)22-14-18-19-9-11-20(18)2/h5-9,11,15H,3-4,10,12-14H2,1-2H3. The smallest absolute Gasteiger partial charge is 0.146 e. The molecule has 0 radical (unpaired) electrons. The topological polar surface area (TPSA) is 30.3 Å². The maximum atomic E-state index is 5.80. The number of piperidine rings is 1. The molecule has 4 nitrogen and oxygen atoms in total. The van der Waals surface area contributed by atoms with Crippen molar-refractivity contribution in [3.8, 4) is 5.75 Å². The number of hydrogen-bond donors (Lipinski definition) is 0. The zero-order valence-electron chi connectivity index (χ0n) is 13.5. The van der Waals surface area contributed by atoms with Crippen LogP contribution in [0.1, 0.15) is 31.2 Å². The fourth-order valence-corrected chi connectivity index (χ4v) is 3.06. The summed E-state index contributed by atoms with van der Waals surface area (Å²) in [5.74, 6) is 2.67. The summed E-state index contributed by atoms with van der Waals surface area (Å²) < 4.78 is 7.77. The first-order valence-electron chi connectivity index (χ1n) is 8.11. The SMILES string of the molecule is CC1CCCN(Cc2ccc(OCc3nccn3C)cc2)C1. The van der Waals surface area contributed by atoms with Crippen molar-refractivity contribution in [2.24, 2.45) is 13.0 Å². The molecule has 0 saturated carbocycles. The highest BCUT2D eigenvalue weighted by Crippen LogP contribution is 2.19. The average molecular weight is 299 g/mol. The molecule has 1 aliphatic rings. The summed E-state index contributed by atoms with van der Waals surface area (Å²) in [7, 11) is 1.98. The normalized spacial score (nSPS) is 19.3. The molecule has 1 aromatic carbocycles. The third-order valence-corrected chi connectivity index (χ3v) is 4.36. The van der Waals surface area contributed by atoms with E-state index in [4.69, 9.17) is 4.74 Å². The first-order valence-corrected chi connectivity index (χ1v) is 8.11. The van der Waals surface area contributed by atoms with Crippen LogP contribution in [0.3, 0.4) is 0 Å². The quantitative estimate of drug-likeness (QED) is 0.849. The van der Waals surface area contributed by atoms with Crippen LogP contribution in [0.2, 0.25) is 0 Å². The van der Waals surface area contributed by atoms with Crippen LogP contribution >= 0.6 is 0 Å². The van der Waals surface area contributed by atoms with Crippen molar-refractivity contribution in [1.82, 2.24) is 14.5 Å². The molecule has 0 N–H and O–H groups in total. The highest BCUT2D eigenvalue weighted by Gasteiger charge is 2.16. The Labute approximate surface area is 132 Å². The van der Waals surface area contributed by atoms with Gasteiger partial charge in [0.05, 0.1) is 0 Å². The van der Waals surface area contributed by atoms with Crippen molar-refractivity contribution in [3.05, 3.63) is 48.0 Å². The average Bonchev–Trinajstić information content (AvgIpc) is 2.92. The molecule has 118 valence electrons. The van der Waals surface area contributed by atoms with Gasteiger partial charge in [0.15, 0.2) is 0 Å². The fraction of sp³-hybridized carbons (Fsp3) is 0.500. The Kier molecular flexibility index (Phi) is 4.78. The van der Waals surface area contributed by atoms with Crippen LogP contribution in [0.4, 0.5) is 0 Å². The van der Waals surface area contributed by atoms with Gasteiger partial charge in [0.25, 0.3) is 0 Å². The Morgan fingerprint density at radius 3 is 2.77 bits per heavy atom. The highest BCUT2D eigenvalue weighted by atomic mass is 16.5. The molecule has 1 unspecified atom stereocenters. The Hall–Kier alpha value is -1.81. The minimum absolute atomic E-state index is 0.506. The number of aryl methyl sites for hydroxylation is 1. The van der Waals surface area contributed by atoms with E-state index in [1.807, 2.05) is 17.8 Å². The molecule has 1 fully saturated rings. The lowest BCUT2D eigenvalue weighted by molar-refractivity contribution is 0.176. The summed E-state index contributed by atoms with van der Waals surface area (Å²) in [6, 6.07) is 8.47. The van der Waals surface area contributed by atoms with Crippen molar-refractivity contribution in [2.45, 2.75) is 32.9 Å². The van der Waals surface area contributed by atoms with Crippen LogP contribution in [-0.4, -0.2) is 27.5 Å².